The zero-order valence-electron chi connectivity index (χ0n) is 13.3. The Bertz CT molecular complexity index is 958. The van der Waals surface area contributed by atoms with Gasteiger partial charge in [-0.3, -0.25) is 4.98 Å². The first-order valence-electron chi connectivity index (χ1n) is 7.84. The van der Waals surface area contributed by atoms with Crippen LogP contribution in [0.4, 0.5) is 5.82 Å². The quantitative estimate of drug-likeness (QED) is 0.624. The van der Waals surface area contributed by atoms with E-state index < -0.39 is 0 Å². The van der Waals surface area contributed by atoms with Crippen molar-refractivity contribution in [2.24, 2.45) is 0 Å². The monoisotopic (exact) mass is 315 g/mol. The molecule has 0 amide bonds. The summed E-state index contributed by atoms with van der Waals surface area (Å²) in [6.45, 7) is 2.69. The van der Waals surface area contributed by atoms with Crippen molar-refractivity contribution in [2.75, 3.05) is 5.32 Å². The predicted molar refractivity (Wildman–Crippen MR) is 94.7 cm³/mol. The number of benzene rings is 1. The molecule has 0 radical (unpaired) electrons. The lowest BCUT2D eigenvalue weighted by Crippen LogP contribution is -2.03. The first kappa shape index (κ1) is 14.4. The Morgan fingerprint density at radius 2 is 1.92 bits per heavy atom. The Hall–Kier alpha value is -3.21. The number of anilines is 1. The molecule has 0 spiro atoms. The maximum absolute atomic E-state index is 4.42. The highest BCUT2D eigenvalue weighted by atomic mass is 15.2. The third kappa shape index (κ3) is 2.84. The number of fused-ring (bicyclic) bond motifs is 1. The van der Waals surface area contributed by atoms with Crippen LogP contribution in [0.5, 0.6) is 0 Å². The maximum atomic E-state index is 4.42. The molecule has 5 heteroatoms. The summed E-state index contributed by atoms with van der Waals surface area (Å²) in [6, 6.07) is 14.5. The van der Waals surface area contributed by atoms with E-state index in [4.69, 9.17) is 0 Å². The number of aryl methyl sites for hydroxylation is 1. The van der Waals surface area contributed by atoms with Crippen LogP contribution in [0.1, 0.15) is 11.3 Å². The molecule has 24 heavy (non-hydrogen) atoms. The molecule has 3 heterocycles. The van der Waals surface area contributed by atoms with Crippen LogP contribution >= 0.6 is 0 Å². The van der Waals surface area contributed by atoms with Gasteiger partial charge in [-0.1, -0.05) is 30.3 Å². The Labute approximate surface area is 140 Å². The minimum atomic E-state index is 0.713. The van der Waals surface area contributed by atoms with E-state index in [0.29, 0.717) is 6.54 Å². The lowest BCUT2D eigenvalue weighted by molar-refractivity contribution is 0.920. The van der Waals surface area contributed by atoms with Gasteiger partial charge >= 0.3 is 0 Å². The number of pyridine rings is 1. The Kier molecular flexibility index (Phi) is 3.67. The number of nitrogens with zero attached hydrogens (tertiary/aromatic N) is 4. The number of aromatic nitrogens is 4. The van der Waals surface area contributed by atoms with Gasteiger partial charge in [-0.2, -0.15) is 5.10 Å². The molecule has 0 aliphatic carbocycles. The summed E-state index contributed by atoms with van der Waals surface area (Å²) in [5.74, 6) is 0.842. The number of rotatable bonds is 4. The summed E-state index contributed by atoms with van der Waals surface area (Å²) in [5, 5.41) is 7.80. The van der Waals surface area contributed by atoms with E-state index in [1.807, 2.05) is 36.0 Å². The zero-order valence-corrected chi connectivity index (χ0v) is 13.3. The van der Waals surface area contributed by atoms with Gasteiger partial charge in [0, 0.05) is 31.3 Å². The fraction of sp³-hybridized carbons (Fsp3) is 0.105. The molecule has 0 fully saturated rings. The predicted octanol–water partition coefficient (Wildman–Crippen LogP) is 3.71. The van der Waals surface area contributed by atoms with Crippen molar-refractivity contribution < 1.29 is 0 Å². The highest BCUT2D eigenvalue weighted by Gasteiger charge is 2.05. The van der Waals surface area contributed by atoms with Crippen LogP contribution < -0.4 is 5.32 Å². The van der Waals surface area contributed by atoms with Gasteiger partial charge in [0.15, 0.2) is 5.82 Å². The molecule has 0 bridgehead atoms. The van der Waals surface area contributed by atoms with Crippen molar-refractivity contribution in [2.45, 2.75) is 13.5 Å². The van der Waals surface area contributed by atoms with Gasteiger partial charge in [0.05, 0.1) is 5.69 Å². The Morgan fingerprint density at radius 3 is 2.71 bits per heavy atom. The van der Waals surface area contributed by atoms with Crippen LogP contribution in [0.3, 0.4) is 0 Å². The third-order valence-corrected chi connectivity index (χ3v) is 3.92. The SMILES string of the molecule is Cc1cc2c(NCc3ccc(-c4cccnc4)cc3)nccn2n1. The largest absolute Gasteiger partial charge is 0.364 e. The summed E-state index contributed by atoms with van der Waals surface area (Å²) in [4.78, 5) is 8.58. The second-order valence-electron chi connectivity index (χ2n) is 5.68. The van der Waals surface area contributed by atoms with Crippen molar-refractivity contribution >= 4 is 11.3 Å². The average molecular weight is 315 g/mol. The minimum absolute atomic E-state index is 0.713. The average Bonchev–Trinajstić information content (AvgIpc) is 3.02. The van der Waals surface area contributed by atoms with E-state index in [9.17, 15) is 0 Å². The molecule has 1 aromatic carbocycles. The topological polar surface area (TPSA) is 55.1 Å². The fourth-order valence-corrected chi connectivity index (χ4v) is 2.71. The molecule has 0 aliphatic rings. The first-order chi connectivity index (χ1) is 11.8. The molecule has 5 nitrogen and oxygen atoms in total. The third-order valence-electron chi connectivity index (χ3n) is 3.92. The van der Waals surface area contributed by atoms with E-state index in [2.05, 4.69) is 50.7 Å². The summed E-state index contributed by atoms with van der Waals surface area (Å²) >= 11 is 0. The van der Waals surface area contributed by atoms with Crippen LogP contribution in [-0.2, 0) is 6.54 Å². The van der Waals surface area contributed by atoms with Crippen molar-refractivity contribution in [1.29, 1.82) is 0 Å². The zero-order chi connectivity index (χ0) is 16.4. The van der Waals surface area contributed by atoms with E-state index in [0.717, 1.165) is 22.6 Å². The lowest BCUT2D eigenvalue weighted by atomic mass is 10.1. The standard InChI is InChI=1S/C19H17N5/c1-14-11-18-19(21-9-10-24(18)23-14)22-12-15-4-6-16(7-5-15)17-3-2-8-20-13-17/h2-11,13H,12H2,1H3,(H,21,22). The van der Waals surface area contributed by atoms with Gasteiger partial charge < -0.3 is 5.32 Å². The molecule has 0 saturated carbocycles. The molecule has 4 rings (SSSR count). The van der Waals surface area contributed by atoms with Gasteiger partial charge in [-0.15, -0.1) is 0 Å². The van der Waals surface area contributed by atoms with E-state index in [1.54, 1.807) is 12.4 Å². The van der Waals surface area contributed by atoms with E-state index in [-0.39, 0.29) is 0 Å². The number of hydrogen-bond donors (Lipinski definition) is 1. The van der Waals surface area contributed by atoms with Crippen LogP contribution in [-0.4, -0.2) is 19.6 Å². The molecular formula is C19H17N5. The van der Waals surface area contributed by atoms with Crippen LogP contribution in [0.25, 0.3) is 16.6 Å². The molecule has 0 aliphatic heterocycles. The van der Waals surface area contributed by atoms with Gasteiger partial charge in [0.25, 0.3) is 0 Å². The molecule has 3 aromatic heterocycles. The highest BCUT2D eigenvalue weighted by molar-refractivity contribution is 5.68. The number of hydrogen-bond acceptors (Lipinski definition) is 4. The second kappa shape index (κ2) is 6.12. The van der Waals surface area contributed by atoms with Gasteiger partial charge in [-0.25, -0.2) is 9.50 Å². The molecule has 0 atom stereocenters. The Morgan fingerprint density at radius 1 is 1.04 bits per heavy atom. The highest BCUT2D eigenvalue weighted by Crippen LogP contribution is 2.20. The van der Waals surface area contributed by atoms with Crippen molar-refractivity contribution in [3.05, 3.63) is 78.5 Å². The molecule has 118 valence electrons. The summed E-state index contributed by atoms with van der Waals surface area (Å²) < 4.78 is 1.84. The van der Waals surface area contributed by atoms with E-state index in [1.165, 1.54) is 11.1 Å². The molecule has 0 saturated heterocycles. The molecule has 4 aromatic rings. The summed E-state index contributed by atoms with van der Waals surface area (Å²) in [6.07, 6.45) is 7.27. The van der Waals surface area contributed by atoms with E-state index >= 15 is 0 Å². The van der Waals surface area contributed by atoms with Gasteiger partial charge in [0.2, 0.25) is 0 Å². The molecular weight excluding hydrogens is 298 g/mol. The van der Waals surface area contributed by atoms with Crippen LogP contribution in [0.2, 0.25) is 0 Å². The van der Waals surface area contributed by atoms with Crippen LogP contribution in [0.15, 0.2) is 67.3 Å². The smallest absolute Gasteiger partial charge is 0.152 e. The van der Waals surface area contributed by atoms with Crippen LogP contribution in [0, 0.1) is 6.92 Å². The molecule has 1 N–H and O–H groups in total. The first-order valence-corrected chi connectivity index (χ1v) is 7.84. The summed E-state index contributed by atoms with van der Waals surface area (Å²) in [5.41, 5.74) is 5.45. The lowest BCUT2D eigenvalue weighted by Gasteiger charge is -2.08. The number of nitrogens with one attached hydrogen (secondary N) is 1. The van der Waals surface area contributed by atoms with Crippen molar-refractivity contribution in [3.63, 3.8) is 0 Å². The van der Waals surface area contributed by atoms with Crippen molar-refractivity contribution in [3.8, 4) is 11.1 Å². The van der Waals surface area contributed by atoms with Crippen molar-refractivity contribution in [1.82, 2.24) is 19.6 Å². The van der Waals surface area contributed by atoms with Gasteiger partial charge in [-0.05, 0) is 35.7 Å². The normalized spacial score (nSPS) is 10.9. The summed E-state index contributed by atoms with van der Waals surface area (Å²) in [7, 11) is 0. The maximum Gasteiger partial charge on any atom is 0.152 e. The molecule has 0 unspecified atom stereocenters. The van der Waals surface area contributed by atoms with Gasteiger partial charge in [0.1, 0.15) is 5.52 Å². The minimum Gasteiger partial charge on any atom is -0.364 e. The Balaban J connectivity index is 1.51. The fourth-order valence-electron chi connectivity index (χ4n) is 2.71. The second-order valence-corrected chi connectivity index (χ2v) is 5.68.